The van der Waals surface area contributed by atoms with Crippen LogP contribution in [0.25, 0.3) is 0 Å². The smallest absolute Gasteiger partial charge is 0.338 e. The van der Waals surface area contributed by atoms with Gasteiger partial charge in [-0.3, -0.25) is 9.52 Å². The van der Waals surface area contributed by atoms with Crippen LogP contribution in [-0.2, 0) is 14.8 Å². The lowest BCUT2D eigenvalue weighted by atomic mass is 10.1. The van der Waals surface area contributed by atoms with Gasteiger partial charge in [0.25, 0.3) is 15.9 Å². The predicted molar refractivity (Wildman–Crippen MR) is 137 cm³/mol. The fourth-order valence-electron chi connectivity index (χ4n) is 3.36. The summed E-state index contributed by atoms with van der Waals surface area (Å²) in [5.74, 6) is -0.882. The Kier molecular flexibility index (Phi) is 8.30. The number of rotatable bonds is 9. The van der Waals surface area contributed by atoms with E-state index in [-0.39, 0.29) is 10.5 Å². The zero-order valence-corrected chi connectivity index (χ0v) is 21.2. The Bertz CT molecular complexity index is 1330. The molecule has 0 radical (unpaired) electrons. The summed E-state index contributed by atoms with van der Waals surface area (Å²) in [6.45, 7) is 7.77. The second-order valence-electron chi connectivity index (χ2n) is 8.43. The second-order valence-corrected chi connectivity index (χ2v) is 10.1. The van der Waals surface area contributed by atoms with E-state index in [4.69, 9.17) is 4.74 Å². The van der Waals surface area contributed by atoms with Gasteiger partial charge in [-0.15, -0.1) is 0 Å². The number of anilines is 2. The van der Waals surface area contributed by atoms with Gasteiger partial charge in [0.05, 0.1) is 22.8 Å². The number of carbonyl (C=O) groups is 2. The van der Waals surface area contributed by atoms with Gasteiger partial charge in [0, 0.05) is 11.3 Å². The molecule has 0 aliphatic carbocycles. The summed E-state index contributed by atoms with van der Waals surface area (Å²) >= 11 is 0. The molecule has 0 heterocycles. The maximum absolute atomic E-state index is 13.1. The number of ether oxygens (including phenoxy) is 1. The van der Waals surface area contributed by atoms with Crippen LogP contribution in [0.2, 0.25) is 0 Å². The number of amides is 1. The molecule has 0 aromatic heterocycles. The van der Waals surface area contributed by atoms with Crippen molar-refractivity contribution in [3.63, 3.8) is 0 Å². The van der Waals surface area contributed by atoms with E-state index >= 15 is 0 Å². The molecule has 3 aromatic carbocycles. The van der Waals surface area contributed by atoms with Crippen molar-refractivity contribution in [2.75, 3.05) is 16.6 Å². The summed E-state index contributed by atoms with van der Waals surface area (Å²) in [5, 5.41) is 2.73. The van der Waals surface area contributed by atoms with Gasteiger partial charge in [-0.25, -0.2) is 13.2 Å². The van der Waals surface area contributed by atoms with Crippen LogP contribution in [0.4, 0.5) is 11.4 Å². The van der Waals surface area contributed by atoms with Crippen LogP contribution in [0.5, 0.6) is 0 Å². The molecule has 0 bridgehead atoms. The van der Waals surface area contributed by atoms with E-state index in [0.29, 0.717) is 29.1 Å². The Morgan fingerprint density at radius 2 is 1.51 bits per heavy atom. The summed E-state index contributed by atoms with van der Waals surface area (Å²) in [4.78, 5) is 24.9. The van der Waals surface area contributed by atoms with E-state index in [0.717, 1.165) is 24.0 Å². The molecule has 8 heteroatoms. The average molecular weight is 495 g/mol. The topological polar surface area (TPSA) is 102 Å². The van der Waals surface area contributed by atoms with Crippen molar-refractivity contribution in [1.29, 1.82) is 0 Å². The molecule has 0 saturated heterocycles. The van der Waals surface area contributed by atoms with Crippen molar-refractivity contribution < 1.29 is 22.7 Å². The molecule has 3 rings (SSSR count). The molecule has 0 aliphatic rings. The third kappa shape index (κ3) is 6.70. The number of aryl methyl sites for hydroxylation is 3. The molecular weight excluding hydrogens is 464 g/mol. The van der Waals surface area contributed by atoms with Crippen LogP contribution in [0.15, 0.2) is 65.6 Å². The standard InChI is InChI=1S/C27H30N2O5S/c1-5-6-15-34-27(31)21-11-13-23(14-12-21)28-26(30)22-10-9-20(4)25(17-22)35(32,33)29-24-16-18(2)7-8-19(24)3/h7-14,16-17,29H,5-6,15H2,1-4H3,(H,28,30). The number of sulfonamides is 1. The highest BCUT2D eigenvalue weighted by Gasteiger charge is 2.20. The van der Waals surface area contributed by atoms with Crippen molar-refractivity contribution in [1.82, 2.24) is 0 Å². The van der Waals surface area contributed by atoms with E-state index < -0.39 is 21.9 Å². The number of benzene rings is 3. The molecule has 3 aromatic rings. The van der Waals surface area contributed by atoms with Crippen molar-refractivity contribution in [3.05, 3.63) is 88.5 Å². The first-order valence-electron chi connectivity index (χ1n) is 11.4. The fourth-order valence-corrected chi connectivity index (χ4v) is 4.76. The van der Waals surface area contributed by atoms with E-state index in [1.807, 2.05) is 32.9 Å². The van der Waals surface area contributed by atoms with Crippen LogP contribution < -0.4 is 10.0 Å². The van der Waals surface area contributed by atoms with Crippen LogP contribution in [0, 0.1) is 20.8 Å². The van der Waals surface area contributed by atoms with Gasteiger partial charge >= 0.3 is 5.97 Å². The fraction of sp³-hybridized carbons (Fsp3) is 0.259. The van der Waals surface area contributed by atoms with E-state index in [1.165, 1.54) is 6.07 Å². The zero-order chi connectivity index (χ0) is 25.6. The number of nitrogens with one attached hydrogen (secondary N) is 2. The number of unbranched alkanes of at least 4 members (excludes halogenated alkanes) is 1. The number of carbonyl (C=O) groups excluding carboxylic acids is 2. The lowest BCUT2D eigenvalue weighted by molar-refractivity contribution is 0.0499. The zero-order valence-electron chi connectivity index (χ0n) is 20.3. The SMILES string of the molecule is CCCCOC(=O)c1ccc(NC(=O)c2ccc(C)c(S(=O)(=O)Nc3cc(C)ccc3C)c2)cc1. The van der Waals surface area contributed by atoms with Crippen LogP contribution in [0.3, 0.4) is 0 Å². The number of esters is 1. The van der Waals surface area contributed by atoms with E-state index in [9.17, 15) is 18.0 Å². The molecular formula is C27H30N2O5S. The molecule has 7 nitrogen and oxygen atoms in total. The minimum atomic E-state index is -3.92. The Balaban J connectivity index is 1.76. The largest absolute Gasteiger partial charge is 0.462 e. The van der Waals surface area contributed by atoms with E-state index in [2.05, 4.69) is 10.0 Å². The number of hydrogen-bond acceptors (Lipinski definition) is 5. The molecule has 1 amide bonds. The first-order valence-corrected chi connectivity index (χ1v) is 12.9. The summed E-state index contributed by atoms with van der Waals surface area (Å²) in [5.41, 5.74) is 3.79. The van der Waals surface area contributed by atoms with Gasteiger partial charge in [0.2, 0.25) is 0 Å². The predicted octanol–water partition coefficient (Wildman–Crippen LogP) is 5.62. The molecule has 0 spiro atoms. The molecule has 0 saturated carbocycles. The monoisotopic (exact) mass is 494 g/mol. The Morgan fingerprint density at radius 1 is 0.857 bits per heavy atom. The van der Waals surface area contributed by atoms with Crippen LogP contribution >= 0.6 is 0 Å². The van der Waals surface area contributed by atoms with Gasteiger partial charge in [-0.05, 0) is 86.3 Å². The quantitative estimate of drug-likeness (QED) is 0.297. The highest BCUT2D eigenvalue weighted by Crippen LogP contribution is 2.24. The average Bonchev–Trinajstić information content (AvgIpc) is 2.82. The first-order chi connectivity index (χ1) is 16.6. The molecule has 2 N–H and O–H groups in total. The van der Waals surface area contributed by atoms with Gasteiger partial charge in [-0.2, -0.15) is 0 Å². The molecule has 35 heavy (non-hydrogen) atoms. The minimum Gasteiger partial charge on any atom is -0.462 e. The first kappa shape index (κ1) is 26.0. The van der Waals surface area contributed by atoms with Gasteiger partial charge in [0.15, 0.2) is 0 Å². The van der Waals surface area contributed by atoms with Gasteiger partial charge < -0.3 is 10.1 Å². The lowest BCUT2D eigenvalue weighted by Crippen LogP contribution is -2.17. The summed E-state index contributed by atoms with van der Waals surface area (Å²) in [6, 6.07) is 16.4. The van der Waals surface area contributed by atoms with Gasteiger partial charge in [0.1, 0.15) is 0 Å². The highest BCUT2D eigenvalue weighted by molar-refractivity contribution is 7.92. The summed E-state index contributed by atoms with van der Waals surface area (Å²) in [6.07, 6.45) is 1.73. The molecule has 0 unspecified atom stereocenters. The highest BCUT2D eigenvalue weighted by atomic mass is 32.2. The number of hydrogen-bond donors (Lipinski definition) is 2. The maximum atomic E-state index is 13.1. The van der Waals surface area contributed by atoms with Crippen molar-refractivity contribution in [3.8, 4) is 0 Å². The molecule has 0 aliphatic heterocycles. The van der Waals surface area contributed by atoms with Crippen molar-refractivity contribution in [2.24, 2.45) is 0 Å². The Hall–Kier alpha value is -3.65. The van der Waals surface area contributed by atoms with Gasteiger partial charge in [-0.1, -0.05) is 31.5 Å². The normalized spacial score (nSPS) is 11.1. The van der Waals surface area contributed by atoms with Crippen LogP contribution in [0.1, 0.15) is 57.2 Å². The summed E-state index contributed by atoms with van der Waals surface area (Å²) in [7, 11) is -3.92. The Labute approximate surface area is 206 Å². The molecule has 0 atom stereocenters. The lowest BCUT2D eigenvalue weighted by Gasteiger charge is -2.14. The summed E-state index contributed by atoms with van der Waals surface area (Å²) < 4.78 is 34.1. The second kappa shape index (κ2) is 11.2. The van der Waals surface area contributed by atoms with E-state index in [1.54, 1.807) is 49.4 Å². The third-order valence-corrected chi connectivity index (χ3v) is 6.99. The van der Waals surface area contributed by atoms with Crippen molar-refractivity contribution in [2.45, 2.75) is 45.4 Å². The minimum absolute atomic E-state index is 0.0243. The molecule has 0 fully saturated rings. The third-order valence-electron chi connectivity index (χ3n) is 5.49. The van der Waals surface area contributed by atoms with Crippen molar-refractivity contribution >= 4 is 33.3 Å². The maximum Gasteiger partial charge on any atom is 0.338 e. The Morgan fingerprint density at radius 3 is 2.20 bits per heavy atom. The molecule has 184 valence electrons. The van der Waals surface area contributed by atoms with Crippen LogP contribution in [-0.4, -0.2) is 26.9 Å².